The van der Waals surface area contributed by atoms with Crippen molar-refractivity contribution in [3.8, 4) is 5.75 Å². The molecule has 0 spiro atoms. The van der Waals surface area contributed by atoms with Crippen LogP contribution in [-0.4, -0.2) is 16.3 Å². The zero-order chi connectivity index (χ0) is 12.7. The molecular formula is C16H22O2. The summed E-state index contributed by atoms with van der Waals surface area (Å²) >= 11 is 0. The van der Waals surface area contributed by atoms with Crippen LogP contribution in [0.2, 0.25) is 0 Å². The molecule has 0 saturated heterocycles. The maximum absolute atomic E-state index is 10.2. The van der Waals surface area contributed by atoms with Gasteiger partial charge in [-0.3, -0.25) is 0 Å². The van der Waals surface area contributed by atoms with Crippen LogP contribution in [0.15, 0.2) is 18.2 Å². The van der Waals surface area contributed by atoms with Gasteiger partial charge in [0.1, 0.15) is 5.75 Å². The molecule has 2 nitrogen and oxygen atoms in total. The Hall–Kier alpha value is -1.02. The van der Waals surface area contributed by atoms with Gasteiger partial charge in [0.25, 0.3) is 0 Å². The number of hydrogen-bond acceptors (Lipinski definition) is 2. The van der Waals surface area contributed by atoms with Crippen LogP contribution in [0, 0.1) is 17.8 Å². The van der Waals surface area contributed by atoms with E-state index in [1.807, 2.05) is 6.07 Å². The van der Waals surface area contributed by atoms with Gasteiger partial charge in [-0.2, -0.15) is 0 Å². The zero-order valence-corrected chi connectivity index (χ0v) is 11.0. The average Bonchev–Trinajstić information content (AvgIpc) is 2.65. The van der Waals surface area contributed by atoms with E-state index < -0.39 is 0 Å². The molecule has 0 heterocycles. The van der Waals surface area contributed by atoms with Gasteiger partial charge in [0.05, 0.1) is 6.10 Å². The first-order valence-electron chi connectivity index (χ1n) is 7.18. The molecule has 2 unspecified atom stereocenters. The zero-order valence-electron chi connectivity index (χ0n) is 11.0. The van der Waals surface area contributed by atoms with E-state index in [4.69, 9.17) is 0 Å². The van der Waals surface area contributed by atoms with E-state index in [-0.39, 0.29) is 6.10 Å². The van der Waals surface area contributed by atoms with Gasteiger partial charge in [0.2, 0.25) is 0 Å². The lowest BCUT2D eigenvalue weighted by molar-refractivity contribution is 0.111. The fourth-order valence-corrected chi connectivity index (χ4v) is 4.15. The van der Waals surface area contributed by atoms with Crippen molar-refractivity contribution in [3.05, 3.63) is 29.3 Å². The Balaban J connectivity index is 1.89. The quantitative estimate of drug-likeness (QED) is 0.842. The molecule has 0 aromatic heterocycles. The van der Waals surface area contributed by atoms with E-state index in [1.165, 1.54) is 5.56 Å². The van der Waals surface area contributed by atoms with Gasteiger partial charge < -0.3 is 10.2 Å². The Bertz CT molecular complexity index is 441. The summed E-state index contributed by atoms with van der Waals surface area (Å²) in [4.78, 5) is 0. The largest absolute Gasteiger partial charge is 0.508 e. The summed E-state index contributed by atoms with van der Waals surface area (Å²) in [6.07, 6.45) is 5.06. The van der Waals surface area contributed by atoms with Crippen LogP contribution in [0.5, 0.6) is 5.75 Å². The molecule has 3 rings (SSSR count). The highest BCUT2D eigenvalue weighted by atomic mass is 16.3. The van der Waals surface area contributed by atoms with Crippen molar-refractivity contribution in [2.75, 3.05) is 0 Å². The lowest BCUT2D eigenvalue weighted by Crippen LogP contribution is -2.26. The van der Waals surface area contributed by atoms with Crippen molar-refractivity contribution in [1.82, 2.24) is 0 Å². The van der Waals surface area contributed by atoms with Crippen molar-refractivity contribution >= 4 is 0 Å². The molecule has 1 aromatic carbocycles. The summed E-state index contributed by atoms with van der Waals surface area (Å²) < 4.78 is 0. The summed E-state index contributed by atoms with van der Waals surface area (Å²) in [7, 11) is 0. The number of aromatic hydroxyl groups is 1. The lowest BCUT2D eigenvalue weighted by atomic mass is 9.74. The molecule has 0 bridgehead atoms. The number of aliphatic hydroxyl groups is 1. The topological polar surface area (TPSA) is 40.5 Å². The van der Waals surface area contributed by atoms with Crippen LogP contribution >= 0.6 is 0 Å². The molecule has 0 radical (unpaired) electrons. The number of phenols is 1. The second-order valence-corrected chi connectivity index (χ2v) is 6.00. The molecule has 0 amide bonds. The Labute approximate surface area is 109 Å². The number of hydrogen-bond donors (Lipinski definition) is 2. The molecule has 2 N–H and O–H groups in total. The molecule has 2 heteroatoms. The van der Waals surface area contributed by atoms with Crippen LogP contribution in [0.3, 0.4) is 0 Å². The van der Waals surface area contributed by atoms with E-state index in [0.29, 0.717) is 23.5 Å². The Morgan fingerprint density at radius 2 is 2.11 bits per heavy atom. The number of rotatable bonds is 2. The third-order valence-electron chi connectivity index (χ3n) is 4.99. The van der Waals surface area contributed by atoms with Crippen LogP contribution in [0.1, 0.15) is 37.3 Å². The third-order valence-corrected chi connectivity index (χ3v) is 4.99. The predicted molar refractivity (Wildman–Crippen MR) is 71.5 cm³/mol. The highest BCUT2D eigenvalue weighted by Crippen LogP contribution is 2.47. The van der Waals surface area contributed by atoms with E-state index in [1.54, 1.807) is 6.07 Å². The van der Waals surface area contributed by atoms with Gasteiger partial charge in [-0.15, -0.1) is 0 Å². The Kier molecular flexibility index (Phi) is 3.06. The minimum atomic E-state index is -0.128. The smallest absolute Gasteiger partial charge is 0.119 e. The molecule has 1 fully saturated rings. The van der Waals surface area contributed by atoms with Crippen molar-refractivity contribution in [1.29, 1.82) is 0 Å². The molecule has 1 saturated carbocycles. The van der Waals surface area contributed by atoms with Crippen LogP contribution in [0.25, 0.3) is 0 Å². The first-order chi connectivity index (χ1) is 8.70. The van der Waals surface area contributed by atoms with Crippen molar-refractivity contribution in [2.45, 2.75) is 45.1 Å². The monoisotopic (exact) mass is 246 g/mol. The summed E-state index contributed by atoms with van der Waals surface area (Å²) in [5.74, 6) is 2.10. The molecule has 0 aliphatic heterocycles. The number of aliphatic hydroxyl groups excluding tert-OH is 1. The van der Waals surface area contributed by atoms with Crippen LogP contribution in [-0.2, 0) is 12.8 Å². The number of phenolic OH excluding ortho intramolecular Hbond substituents is 1. The molecule has 98 valence electrons. The molecule has 1 aromatic rings. The maximum Gasteiger partial charge on any atom is 0.119 e. The maximum atomic E-state index is 10.2. The predicted octanol–water partition coefficient (Wildman–Crippen LogP) is 2.90. The Morgan fingerprint density at radius 1 is 1.28 bits per heavy atom. The summed E-state index contributed by atoms with van der Waals surface area (Å²) in [5.41, 5.74) is 2.43. The Morgan fingerprint density at radius 3 is 2.89 bits per heavy atom. The minimum absolute atomic E-state index is 0.128. The lowest BCUT2D eigenvalue weighted by Gasteiger charge is -2.31. The van der Waals surface area contributed by atoms with Crippen LogP contribution < -0.4 is 0 Å². The molecule has 18 heavy (non-hydrogen) atoms. The highest BCUT2D eigenvalue weighted by molar-refractivity contribution is 5.42. The van der Waals surface area contributed by atoms with E-state index in [0.717, 1.165) is 37.7 Å². The van der Waals surface area contributed by atoms with Crippen LogP contribution in [0.4, 0.5) is 0 Å². The van der Waals surface area contributed by atoms with Gasteiger partial charge in [0, 0.05) is 0 Å². The molecule has 4 atom stereocenters. The van der Waals surface area contributed by atoms with Gasteiger partial charge in [-0.25, -0.2) is 0 Å². The highest BCUT2D eigenvalue weighted by Gasteiger charge is 2.44. The van der Waals surface area contributed by atoms with Crippen molar-refractivity contribution < 1.29 is 10.2 Å². The number of fused-ring (bicyclic) bond motifs is 2. The fraction of sp³-hybridized carbons (Fsp3) is 0.625. The standard InChI is InChI=1S/C16H22O2/c1-2-4-12-13-7-10-5-3-6-15(17)14(10)8-11(13)9-16(12)18/h3,5-6,11-13,16-18H,2,4,7-9H2,1H3/t11?,12?,13-,16+/m0/s1. The van der Waals surface area contributed by atoms with Crippen molar-refractivity contribution in [2.24, 2.45) is 17.8 Å². The normalized spacial score (nSPS) is 34.1. The second kappa shape index (κ2) is 4.58. The van der Waals surface area contributed by atoms with Crippen molar-refractivity contribution in [3.63, 3.8) is 0 Å². The molecular weight excluding hydrogens is 224 g/mol. The summed E-state index contributed by atoms with van der Waals surface area (Å²) in [6.45, 7) is 2.20. The van der Waals surface area contributed by atoms with E-state index >= 15 is 0 Å². The number of benzene rings is 1. The SMILES string of the molecule is CCCC1[C@H]2Cc3cccc(O)c3CC2C[C@H]1O. The molecule has 2 aliphatic carbocycles. The minimum Gasteiger partial charge on any atom is -0.508 e. The molecule has 2 aliphatic rings. The van der Waals surface area contributed by atoms with Gasteiger partial charge in [-0.1, -0.05) is 25.5 Å². The van der Waals surface area contributed by atoms with Gasteiger partial charge >= 0.3 is 0 Å². The first-order valence-corrected chi connectivity index (χ1v) is 7.18. The second-order valence-electron chi connectivity index (χ2n) is 6.00. The third kappa shape index (κ3) is 1.83. The van der Waals surface area contributed by atoms with Gasteiger partial charge in [-0.05, 0) is 60.6 Å². The van der Waals surface area contributed by atoms with E-state index in [2.05, 4.69) is 13.0 Å². The first kappa shape index (κ1) is 12.0. The summed E-state index contributed by atoms with van der Waals surface area (Å²) in [5, 5.41) is 20.2. The average molecular weight is 246 g/mol. The summed E-state index contributed by atoms with van der Waals surface area (Å²) in [6, 6.07) is 5.86. The van der Waals surface area contributed by atoms with E-state index in [9.17, 15) is 10.2 Å². The van der Waals surface area contributed by atoms with Gasteiger partial charge in [0.15, 0.2) is 0 Å². The fourth-order valence-electron chi connectivity index (χ4n) is 4.15.